The van der Waals surface area contributed by atoms with Crippen LogP contribution in [0, 0.1) is 5.41 Å². The van der Waals surface area contributed by atoms with E-state index >= 15 is 0 Å². The van der Waals surface area contributed by atoms with Crippen molar-refractivity contribution in [1.29, 1.82) is 0 Å². The van der Waals surface area contributed by atoms with Crippen LogP contribution in [-0.4, -0.2) is 29.1 Å². The lowest BCUT2D eigenvalue weighted by Crippen LogP contribution is -2.34. The summed E-state index contributed by atoms with van der Waals surface area (Å²) in [5.41, 5.74) is 3.11. The molecule has 0 bridgehead atoms. The quantitative estimate of drug-likeness (QED) is 0.322. The van der Waals surface area contributed by atoms with Gasteiger partial charge in [0.15, 0.2) is 0 Å². The molecule has 6 nitrogen and oxygen atoms in total. The number of rotatable bonds is 7. The average molecular weight is 483 g/mol. The molecule has 0 radical (unpaired) electrons. The van der Waals surface area contributed by atoms with Crippen molar-refractivity contribution in [3.63, 3.8) is 0 Å². The van der Waals surface area contributed by atoms with Crippen LogP contribution < -0.4 is 9.64 Å². The van der Waals surface area contributed by atoms with E-state index in [4.69, 9.17) is 4.74 Å². The Bertz CT molecular complexity index is 1390. The molecule has 184 valence electrons. The van der Waals surface area contributed by atoms with Crippen molar-refractivity contribution in [2.24, 2.45) is 5.41 Å². The Labute approximate surface area is 211 Å². The van der Waals surface area contributed by atoms with E-state index in [-0.39, 0.29) is 16.9 Å². The summed E-state index contributed by atoms with van der Waals surface area (Å²) in [5, 5.41) is 10.8. The van der Waals surface area contributed by atoms with Crippen LogP contribution in [0.2, 0.25) is 0 Å². The molecule has 3 aromatic carbocycles. The van der Waals surface area contributed by atoms with Crippen LogP contribution in [0.1, 0.15) is 43.1 Å². The number of hydrogen-bond donors (Lipinski definition) is 1. The Morgan fingerprint density at radius 2 is 1.56 bits per heavy atom. The minimum Gasteiger partial charge on any atom is -0.497 e. The van der Waals surface area contributed by atoms with Gasteiger partial charge in [0.2, 0.25) is 5.91 Å². The van der Waals surface area contributed by atoms with Gasteiger partial charge in [-0.25, -0.2) is 9.78 Å². The first-order chi connectivity index (χ1) is 17.1. The van der Waals surface area contributed by atoms with E-state index in [2.05, 4.69) is 4.98 Å². The smallest absolute Gasteiger partial charge is 0.335 e. The Kier molecular flexibility index (Phi) is 7.06. The minimum absolute atomic E-state index is 0.0379. The molecule has 0 aliphatic carbocycles. The number of carbonyl (C=O) groups excluding carboxylic acids is 1. The van der Waals surface area contributed by atoms with Gasteiger partial charge in [-0.05, 0) is 63.9 Å². The summed E-state index contributed by atoms with van der Waals surface area (Å²) in [4.78, 5) is 31.2. The van der Waals surface area contributed by atoms with Gasteiger partial charge in [0.05, 0.1) is 19.2 Å². The third-order valence-electron chi connectivity index (χ3n) is 5.95. The van der Waals surface area contributed by atoms with E-state index in [9.17, 15) is 14.7 Å². The van der Waals surface area contributed by atoms with Crippen molar-refractivity contribution >= 4 is 28.5 Å². The molecule has 1 N–H and O–H groups in total. The number of nitrogens with zero attached hydrogens (tertiary/aromatic N) is 2. The number of ether oxygens (including phenoxy) is 1. The van der Waals surface area contributed by atoms with Gasteiger partial charge in [-0.3, -0.25) is 9.69 Å². The number of hydrogen-bond acceptors (Lipinski definition) is 4. The Morgan fingerprint density at radius 1 is 0.917 bits per heavy atom. The SMILES string of the molecule is COc1ccc(-c2ccc(CN(C(=O)CC(C)(C)C)c3nccc4cc(C(=O)O)ccc34)cc2)cc1. The number of aromatic carboxylic acids is 1. The number of carbonyl (C=O) groups is 2. The van der Waals surface area contributed by atoms with Crippen LogP contribution in [0.5, 0.6) is 5.75 Å². The largest absolute Gasteiger partial charge is 0.497 e. The van der Waals surface area contributed by atoms with Crippen molar-refractivity contribution in [3.05, 3.63) is 90.1 Å². The monoisotopic (exact) mass is 482 g/mol. The number of anilines is 1. The molecule has 0 aliphatic rings. The molecule has 1 aromatic heterocycles. The summed E-state index contributed by atoms with van der Waals surface area (Å²) >= 11 is 0. The van der Waals surface area contributed by atoms with Crippen LogP contribution in [0.4, 0.5) is 5.82 Å². The fourth-order valence-corrected chi connectivity index (χ4v) is 4.11. The van der Waals surface area contributed by atoms with Crippen molar-refractivity contribution in [2.45, 2.75) is 33.7 Å². The third-order valence-corrected chi connectivity index (χ3v) is 5.95. The topological polar surface area (TPSA) is 79.7 Å². The number of carboxylic acids is 1. The van der Waals surface area contributed by atoms with Gasteiger partial charge in [0.25, 0.3) is 0 Å². The van der Waals surface area contributed by atoms with Crippen LogP contribution >= 0.6 is 0 Å². The maximum atomic E-state index is 13.5. The zero-order valence-corrected chi connectivity index (χ0v) is 21.0. The van der Waals surface area contributed by atoms with Crippen LogP contribution in [0.25, 0.3) is 21.9 Å². The minimum atomic E-state index is -0.993. The maximum absolute atomic E-state index is 13.5. The average Bonchev–Trinajstić information content (AvgIpc) is 2.86. The van der Waals surface area contributed by atoms with Gasteiger partial charge < -0.3 is 9.84 Å². The maximum Gasteiger partial charge on any atom is 0.335 e. The number of carboxylic acid groups (broad SMARTS) is 1. The lowest BCUT2D eigenvalue weighted by atomic mass is 9.91. The molecule has 0 spiro atoms. The number of methoxy groups -OCH3 is 1. The number of pyridine rings is 1. The first-order valence-electron chi connectivity index (χ1n) is 11.8. The summed E-state index contributed by atoms with van der Waals surface area (Å²) in [6.45, 7) is 6.44. The van der Waals surface area contributed by atoms with E-state index < -0.39 is 5.97 Å². The van der Waals surface area contributed by atoms with Crippen molar-refractivity contribution in [3.8, 4) is 16.9 Å². The fourth-order valence-electron chi connectivity index (χ4n) is 4.11. The molecule has 0 saturated carbocycles. The highest BCUT2D eigenvalue weighted by Crippen LogP contribution is 2.30. The molecule has 1 amide bonds. The van der Waals surface area contributed by atoms with Gasteiger partial charge >= 0.3 is 5.97 Å². The summed E-state index contributed by atoms with van der Waals surface area (Å²) < 4.78 is 5.24. The zero-order chi connectivity index (χ0) is 25.9. The Balaban J connectivity index is 1.69. The van der Waals surface area contributed by atoms with Gasteiger partial charge in [-0.2, -0.15) is 0 Å². The van der Waals surface area contributed by atoms with Crippen molar-refractivity contribution in [2.75, 3.05) is 12.0 Å². The van der Waals surface area contributed by atoms with Gasteiger partial charge in [0.1, 0.15) is 11.6 Å². The molecule has 0 aliphatic heterocycles. The summed E-state index contributed by atoms with van der Waals surface area (Å²) in [5.74, 6) is 0.302. The van der Waals surface area contributed by atoms with E-state index in [0.29, 0.717) is 18.8 Å². The highest BCUT2D eigenvalue weighted by molar-refractivity contribution is 6.04. The highest BCUT2D eigenvalue weighted by atomic mass is 16.5. The van der Waals surface area contributed by atoms with Crippen molar-refractivity contribution in [1.82, 2.24) is 4.98 Å². The summed E-state index contributed by atoms with van der Waals surface area (Å²) in [7, 11) is 1.65. The standard InChI is InChI=1S/C30H30N2O4/c1-30(2,3)18-27(33)32(28-26-14-11-24(29(34)35)17-23(26)15-16-31-28)19-20-5-7-21(8-6-20)22-9-12-25(36-4)13-10-22/h5-17H,18-19H2,1-4H3,(H,34,35). The highest BCUT2D eigenvalue weighted by Gasteiger charge is 2.25. The van der Waals surface area contributed by atoms with Gasteiger partial charge in [0, 0.05) is 18.0 Å². The van der Waals surface area contributed by atoms with Crippen molar-refractivity contribution < 1.29 is 19.4 Å². The second-order valence-electron chi connectivity index (χ2n) is 10.0. The summed E-state index contributed by atoms with van der Waals surface area (Å²) in [6, 6.07) is 22.7. The molecular weight excluding hydrogens is 452 g/mol. The van der Waals surface area contributed by atoms with E-state index in [1.807, 2.05) is 69.3 Å². The molecule has 6 heteroatoms. The molecule has 0 fully saturated rings. The molecule has 4 rings (SSSR count). The Morgan fingerprint density at radius 3 is 2.14 bits per heavy atom. The molecular formula is C30H30N2O4. The lowest BCUT2D eigenvalue weighted by molar-refractivity contribution is -0.120. The fraction of sp³-hybridized carbons (Fsp3) is 0.233. The number of amides is 1. The number of aromatic nitrogens is 1. The predicted octanol–water partition coefficient (Wildman–Crippen LogP) is 6.58. The van der Waals surface area contributed by atoms with Crippen LogP contribution in [0.15, 0.2) is 79.0 Å². The molecule has 36 heavy (non-hydrogen) atoms. The first-order valence-corrected chi connectivity index (χ1v) is 11.8. The van der Waals surface area contributed by atoms with Crippen LogP contribution in [-0.2, 0) is 11.3 Å². The lowest BCUT2D eigenvalue weighted by Gasteiger charge is -2.27. The second-order valence-corrected chi connectivity index (χ2v) is 10.0. The predicted molar refractivity (Wildman–Crippen MR) is 142 cm³/mol. The second kappa shape index (κ2) is 10.2. The zero-order valence-electron chi connectivity index (χ0n) is 21.0. The summed E-state index contributed by atoms with van der Waals surface area (Å²) in [6.07, 6.45) is 1.97. The van der Waals surface area contributed by atoms with E-state index in [1.54, 1.807) is 42.5 Å². The third kappa shape index (κ3) is 5.71. The number of fused-ring (bicyclic) bond motifs is 1. The normalized spacial score (nSPS) is 11.3. The molecule has 0 atom stereocenters. The molecule has 0 unspecified atom stereocenters. The Hall–Kier alpha value is -4.19. The van der Waals surface area contributed by atoms with Gasteiger partial charge in [-0.15, -0.1) is 0 Å². The number of benzene rings is 3. The molecule has 1 heterocycles. The van der Waals surface area contributed by atoms with Gasteiger partial charge in [-0.1, -0.05) is 57.2 Å². The van der Waals surface area contributed by atoms with E-state index in [1.165, 1.54) is 0 Å². The van der Waals surface area contributed by atoms with E-state index in [0.717, 1.165) is 33.2 Å². The van der Waals surface area contributed by atoms with Crippen LogP contribution in [0.3, 0.4) is 0 Å². The molecule has 4 aromatic rings. The molecule has 0 saturated heterocycles. The first kappa shape index (κ1) is 24.9.